The van der Waals surface area contributed by atoms with E-state index in [0.29, 0.717) is 6.42 Å². The molecule has 6 nitrogen and oxygen atoms in total. The second kappa shape index (κ2) is 7.23. The van der Waals surface area contributed by atoms with E-state index >= 15 is 0 Å². The summed E-state index contributed by atoms with van der Waals surface area (Å²) in [5.74, 6) is -0.479. The molecule has 1 atom stereocenters. The van der Waals surface area contributed by atoms with Gasteiger partial charge < -0.3 is 10.2 Å². The topological polar surface area (TPSA) is 78.5 Å². The van der Waals surface area contributed by atoms with E-state index in [9.17, 15) is 14.4 Å². The molecule has 2 N–H and O–H groups in total. The molecule has 0 radical (unpaired) electrons. The van der Waals surface area contributed by atoms with Gasteiger partial charge in [-0.2, -0.15) is 0 Å². The predicted octanol–water partition coefficient (Wildman–Crippen LogP) is 2.04. The first kappa shape index (κ1) is 17.3. The number of fused-ring (bicyclic) bond motifs is 1. The van der Waals surface area contributed by atoms with Gasteiger partial charge in [-0.3, -0.25) is 19.7 Å². The van der Waals surface area contributed by atoms with Gasteiger partial charge in [0.25, 0.3) is 0 Å². The molecule has 1 fully saturated rings. The number of aryl methyl sites for hydroxylation is 1. The first-order chi connectivity index (χ1) is 13.1. The van der Waals surface area contributed by atoms with Gasteiger partial charge in [0, 0.05) is 17.9 Å². The zero-order valence-electron chi connectivity index (χ0n) is 14.9. The van der Waals surface area contributed by atoms with Crippen molar-refractivity contribution >= 4 is 29.1 Å². The van der Waals surface area contributed by atoms with Crippen LogP contribution in [0.1, 0.15) is 24.0 Å². The molecular weight excluding hydrogens is 342 g/mol. The van der Waals surface area contributed by atoms with Gasteiger partial charge in [0.1, 0.15) is 6.04 Å². The number of anilines is 2. The van der Waals surface area contributed by atoms with Crippen LogP contribution >= 0.6 is 0 Å². The monoisotopic (exact) mass is 363 g/mol. The fourth-order valence-electron chi connectivity index (χ4n) is 3.65. The second-order valence-corrected chi connectivity index (χ2v) is 6.96. The molecule has 2 aromatic carbocycles. The highest BCUT2D eigenvalue weighted by Crippen LogP contribution is 2.27. The number of para-hydroxylation sites is 1. The largest absolute Gasteiger partial charge is 0.373 e. The Labute approximate surface area is 157 Å². The van der Waals surface area contributed by atoms with Crippen LogP contribution in [0, 0.1) is 0 Å². The van der Waals surface area contributed by atoms with Crippen LogP contribution in [0.2, 0.25) is 0 Å². The van der Waals surface area contributed by atoms with Crippen molar-refractivity contribution in [1.29, 1.82) is 0 Å². The molecule has 2 heterocycles. The molecule has 0 saturated carbocycles. The van der Waals surface area contributed by atoms with Crippen LogP contribution < -0.4 is 15.5 Å². The first-order valence-corrected chi connectivity index (χ1v) is 9.17. The third-order valence-corrected chi connectivity index (χ3v) is 5.03. The Hall–Kier alpha value is -3.15. The smallest absolute Gasteiger partial charge is 0.249 e. The van der Waals surface area contributed by atoms with Gasteiger partial charge in [0.2, 0.25) is 17.7 Å². The van der Waals surface area contributed by atoms with Gasteiger partial charge in [-0.1, -0.05) is 30.3 Å². The van der Waals surface area contributed by atoms with Crippen LogP contribution in [0.25, 0.3) is 0 Å². The number of benzene rings is 2. The number of carbonyl (C=O) groups excluding carboxylic acids is 3. The maximum atomic E-state index is 12.8. The lowest BCUT2D eigenvalue weighted by atomic mass is 10.0. The number of nitrogens with one attached hydrogen (secondary N) is 2. The highest BCUT2D eigenvalue weighted by atomic mass is 16.2. The van der Waals surface area contributed by atoms with E-state index in [1.54, 1.807) is 0 Å². The van der Waals surface area contributed by atoms with Crippen molar-refractivity contribution in [2.24, 2.45) is 0 Å². The van der Waals surface area contributed by atoms with Gasteiger partial charge in [-0.15, -0.1) is 0 Å². The van der Waals surface area contributed by atoms with E-state index in [0.717, 1.165) is 36.3 Å². The zero-order chi connectivity index (χ0) is 18.8. The first-order valence-electron chi connectivity index (χ1n) is 9.17. The lowest BCUT2D eigenvalue weighted by molar-refractivity contribution is -0.125. The van der Waals surface area contributed by atoms with Crippen LogP contribution in [0.5, 0.6) is 0 Å². The van der Waals surface area contributed by atoms with E-state index in [1.807, 2.05) is 47.4 Å². The number of nitrogens with zero attached hydrogens (tertiary/aromatic N) is 1. The SMILES string of the molecule is O=C1CC(Nc2ccc(CC(=O)N3CCCc4ccccc43)cc2)C(=O)N1. The summed E-state index contributed by atoms with van der Waals surface area (Å²) in [7, 11) is 0. The van der Waals surface area contributed by atoms with Crippen molar-refractivity contribution in [2.45, 2.75) is 31.7 Å². The maximum absolute atomic E-state index is 12.8. The Morgan fingerprint density at radius 1 is 1.11 bits per heavy atom. The fourth-order valence-corrected chi connectivity index (χ4v) is 3.65. The highest BCUT2D eigenvalue weighted by molar-refractivity contribution is 6.06. The average Bonchev–Trinajstić information content (AvgIpc) is 2.99. The lowest BCUT2D eigenvalue weighted by Crippen LogP contribution is -2.36. The number of amides is 3. The fraction of sp³-hybridized carbons (Fsp3) is 0.286. The Bertz CT molecular complexity index is 892. The molecule has 1 saturated heterocycles. The molecule has 0 aliphatic carbocycles. The summed E-state index contributed by atoms with van der Waals surface area (Å²) >= 11 is 0. The van der Waals surface area contributed by atoms with E-state index in [4.69, 9.17) is 0 Å². The summed E-state index contributed by atoms with van der Waals surface area (Å²) in [5, 5.41) is 5.33. The summed E-state index contributed by atoms with van der Waals surface area (Å²) in [6.45, 7) is 0.750. The van der Waals surface area contributed by atoms with E-state index in [-0.39, 0.29) is 24.1 Å². The second-order valence-electron chi connectivity index (χ2n) is 6.96. The van der Waals surface area contributed by atoms with Gasteiger partial charge in [-0.05, 0) is 42.2 Å². The van der Waals surface area contributed by atoms with Crippen molar-refractivity contribution in [2.75, 3.05) is 16.8 Å². The summed E-state index contributed by atoms with van der Waals surface area (Å²) in [6.07, 6.45) is 2.47. The van der Waals surface area contributed by atoms with E-state index in [1.165, 1.54) is 5.56 Å². The number of rotatable bonds is 4. The minimum atomic E-state index is -0.533. The summed E-state index contributed by atoms with van der Waals surface area (Å²) in [4.78, 5) is 37.6. The van der Waals surface area contributed by atoms with Gasteiger partial charge >= 0.3 is 0 Å². The molecule has 0 bridgehead atoms. The molecular formula is C21H21N3O3. The van der Waals surface area contributed by atoms with Crippen LogP contribution in [0.4, 0.5) is 11.4 Å². The number of hydrogen-bond acceptors (Lipinski definition) is 4. The normalized spacial score (nSPS) is 18.8. The third kappa shape index (κ3) is 3.69. The maximum Gasteiger partial charge on any atom is 0.249 e. The molecule has 0 spiro atoms. The molecule has 1 unspecified atom stereocenters. The quantitative estimate of drug-likeness (QED) is 0.815. The van der Waals surface area contributed by atoms with Crippen LogP contribution in [0.3, 0.4) is 0 Å². The van der Waals surface area contributed by atoms with Crippen LogP contribution in [-0.4, -0.2) is 30.3 Å². The molecule has 6 heteroatoms. The molecule has 27 heavy (non-hydrogen) atoms. The zero-order valence-corrected chi connectivity index (χ0v) is 14.9. The lowest BCUT2D eigenvalue weighted by Gasteiger charge is -2.29. The molecule has 2 aromatic rings. The van der Waals surface area contributed by atoms with Crippen molar-refractivity contribution < 1.29 is 14.4 Å². The predicted molar refractivity (Wildman–Crippen MR) is 102 cm³/mol. The minimum absolute atomic E-state index is 0.0867. The van der Waals surface area contributed by atoms with E-state index < -0.39 is 6.04 Å². The Kier molecular flexibility index (Phi) is 4.62. The Morgan fingerprint density at radius 3 is 2.63 bits per heavy atom. The molecule has 2 aliphatic heterocycles. The molecule has 138 valence electrons. The van der Waals surface area contributed by atoms with Crippen molar-refractivity contribution in [3.05, 3.63) is 59.7 Å². The summed E-state index contributed by atoms with van der Waals surface area (Å²) in [5.41, 5.74) is 3.91. The Balaban J connectivity index is 1.41. The van der Waals surface area contributed by atoms with Gasteiger partial charge in [0.15, 0.2) is 0 Å². The molecule has 0 aromatic heterocycles. The summed E-state index contributed by atoms with van der Waals surface area (Å²) < 4.78 is 0. The van der Waals surface area contributed by atoms with Crippen molar-refractivity contribution in [3.63, 3.8) is 0 Å². The van der Waals surface area contributed by atoms with Crippen LogP contribution in [-0.2, 0) is 27.2 Å². The summed E-state index contributed by atoms with van der Waals surface area (Å²) in [6, 6.07) is 15.0. The minimum Gasteiger partial charge on any atom is -0.373 e. The number of carbonyl (C=O) groups is 3. The Morgan fingerprint density at radius 2 is 1.89 bits per heavy atom. The standard InChI is InChI=1S/C21H21N3O3/c25-19-13-17(21(27)23-19)22-16-9-7-14(8-10-16)12-20(26)24-11-3-5-15-4-1-2-6-18(15)24/h1-2,4,6-10,17,22H,3,5,11-13H2,(H,23,25,27). The van der Waals surface area contributed by atoms with Crippen molar-refractivity contribution in [3.8, 4) is 0 Å². The van der Waals surface area contributed by atoms with Crippen molar-refractivity contribution in [1.82, 2.24) is 5.32 Å². The molecule has 4 rings (SSSR count). The molecule has 3 amide bonds. The number of imide groups is 1. The highest BCUT2D eigenvalue weighted by Gasteiger charge is 2.30. The number of hydrogen-bond donors (Lipinski definition) is 2. The van der Waals surface area contributed by atoms with Gasteiger partial charge in [-0.25, -0.2) is 0 Å². The van der Waals surface area contributed by atoms with Gasteiger partial charge in [0.05, 0.1) is 12.8 Å². The third-order valence-electron chi connectivity index (χ3n) is 5.03. The van der Waals surface area contributed by atoms with E-state index in [2.05, 4.69) is 16.7 Å². The average molecular weight is 363 g/mol. The molecule has 2 aliphatic rings. The van der Waals surface area contributed by atoms with Crippen LogP contribution in [0.15, 0.2) is 48.5 Å².